The fourth-order valence-corrected chi connectivity index (χ4v) is 3.28. The smallest absolute Gasteiger partial charge is 0.322 e. The predicted molar refractivity (Wildman–Crippen MR) is 102 cm³/mol. The molecule has 4 nitrogen and oxygen atoms in total. The van der Waals surface area contributed by atoms with E-state index in [9.17, 15) is 9.18 Å². The van der Waals surface area contributed by atoms with E-state index in [0.717, 1.165) is 16.8 Å². The lowest BCUT2D eigenvalue weighted by Gasteiger charge is -2.25. The van der Waals surface area contributed by atoms with Crippen molar-refractivity contribution in [3.05, 3.63) is 95.8 Å². The van der Waals surface area contributed by atoms with Crippen LogP contribution in [0.1, 0.15) is 17.2 Å². The van der Waals surface area contributed by atoms with Crippen LogP contribution < -0.4 is 15.0 Å². The van der Waals surface area contributed by atoms with Crippen LogP contribution in [0.15, 0.2) is 78.9 Å². The van der Waals surface area contributed by atoms with E-state index in [2.05, 4.69) is 5.32 Å². The Morgan fingerprint density at radius 3 is 2.44 bits per heavy atom. The Kier molecular flexibility index (Phi) is 4.75. The molecule has 1 aliphatic rings. The van der Waals surface area contributed by atoms with Crippen molar-refractivity contribution in [1.29, 1.82) is 0 Å². The maximum Gasteiger partial charge on any atom is 0.322 e. The summed E-state index contributed by atoms with van der Waals surface area (Å²) in [4.78, 5) is 14.1. The summed E-state index contributed by atoms with van der Waals surface area (Å²) in [5.41, 5.74) is 2.55. The highest BCUT2D eigenvalue weighted by Crippen LogP contribution is 2.36. The van der Waals surface area contributed by atoms with Crippen molar-refractivity contribution in [3.8, 4) is 5.75 Å². The third-order valence-electron chi connectivity index (χ3n) is 4.58. The molecule has 0 saturated carbocycles. The molecule has 4 rings (SSSR count). The van der Waals surface area contributed by atoms with Crippen molar-refractivity contribution in [3.63, 3.8) is 0 Å². The first-order valence-corrected chi connectivity index (χ1v) is 8.80. The van der Waals surface area contributed by atoms with Crippen molar-refractivity contribution in [2.45, 2.75) is 12.6 Å². The van der Waals surface area contributed by atoms with Crippen molar-refractivity contribution in [2.24, 2.45) is 0 Å². The van der Waals surface area contributed by atoms with Gasteiger partial charge in [0.15, 0.2) is 0 Å². The van der Waals surface area contributed by atoms with Crippen LogP contribution in [-0.4, -0.2) is 12.6 Å². The molecule has 0 aliphatic carbocycles. The molecule has 1 N–H and O–H groups in total. The monoisotopic (exact) mass is 362 g/mol. The number of anilines is 1. The summed E-state index contributed by atoms with van der Waals surface area (Å²) in [5.74, 6) is 0.0756. The third-order valence-corrected chi connectivity index (χ3v) is 4.58. The fraction of sp³-hybridized carbons (Fsp3) is 0.136. The summed E-state index contributed by atoms with van der Waals surface area (Å²) in [5, 5.41) is 2.87. The Balaban J connectivity index is 1.65. The van der Waals surface area contributed by atoms with Gasteiger partial charge in [-0.15, -0.1) is 0 Å². The number of benzene rings is 3. The zero-order valence-electron chi connectivity index (χ0n) is 14.6. The van der Waals surface area contributed by atoms with Gasteiger partial charge in [0.2, 0.25) is 0 Å². The van der Waals surface area contributed by atoms with Gasteiger partial charge in [0.1, 0.15) is 18.2 Å². The summed E-state index contributed by atoms with van der Waals surface area (Å²) in [6, 6.07) is 23.2. The number of halogens is 1. The Morgan fingerprint density at radius 2 is 1.70 bits per heavy atom. The van der Waals surface area contributed by atoms with Gasteiger partial charge in [-0.05, 0) is 23.8 Å². The largest absolute Gasteiger partial charge is 0.488 e. The molecule has 1 saturated heterocycles. The quantitative estimate of drug-likeness (QED) is 0.716. The van der Waals surface area contributed by atoms with Crippen LogP contribution in [-0.2, 0) is 6.61 Å². The van der Waals surface area contributed by atoms with E-state index in [1.54, 1.807) is 11.0 Å². The molecule has 1 atom stereocenters. The van der Waals surface area contributed by atoms with Crippen LogP contribution in [0, 0.1) is 5.82 Å². The minimum atomic E-state index is -0.370. The van der Waals surface area contributed by atoms with Crippen LogP contribution in [0.3, 0.4) is 0 Å². The molecule has 2 amide bonds. The Hall–Kier alpha value is -3.34. The number of amides is 2. The molecule has 3 aromatic carbocycles. The zero-order chi connectivity index (χ0) is 18.6. The number of nitrogens with zero attached hydrogens (tertiary/aromatic N) is 1. The van der Waals surface area contributed by atoms with E-state index < -0.39 is 0 Å². The van der Waals surface area contributed by atoms with Gasteiger partial charge in [0.05, 0.1) is 6.04 Å². The number of rotatable bonds is 5. The Labute approximate surface area is 157 Å². The van der Waals surface area contributed by atoms with Crippen LogP contribution in [0.25, 0.3) is 0 Å². The molecule has 1 fully saturated rings. The lowest BCUT2D eigenvalue weighted by Crippen LogP contribution is -2.29. The number of para-hydroxylation sites is 1. The number of carbonyl (C=O) groups excluding carboxylic acids is 1. The summed E-state index contributed by atoms with van der Waals surface area (Å²) >= 11 is 0. The average Bonchev–Trinajstić information content (AvgIpc) is 3.09. The minimum Gasteiger partial charge on any atom is -0.488 e. The predicted octanol–water partition coefficient (Wildman–Crippen LogP) is 4.68. The molecular weight excluding hydrogens is 343 g/mol. The van der Waals surface area contributed by atoms with Crippen molar-refractivity contribution in [1.82, 2.24) is 5.32 Å². The van der Waals surface area contributed by atoms with E-state index in [0.29, 0.717) is 18.9 Å². The molecule has 27 heavy (non-hydrogen) atoms. The molecule has 5 heteroatoms. The van der Waals surface area contributed by atoms with Crippen molar-refractivity contribution in [2.75, 3.05) is 11.4 Å². The number of hydrogen-bond donors (Lipinski definition) is 1. The second kappa shape index (κ2) is 7.50. The molecular formula is C22H19FN2O2. The highest BCUT2D eigenvalue weighted by atomic mass is 19.1. The van der Waals surface area contributed by atoms with Crippen molar-refractivity contribution >= 4 is 11.7 Å². The summed E-state index contributed by atoms with van der Waals surface area (Å²) in [7, 11) is 0. The minimum absolute atomic E-state index is 0.176. The van der Waals surface area contributed by atoms with Gasteiger partial charge in [0, 0.05) is 23.9 Å². The molecule has 0 bridgehead atoms. The van der Waals surface area contributed by atoms with E-state index >= 15 is 0 Å². The molecule has 1 unspecified atom stereocenters. The van der Waals surface area contributed by atoms with Crippen LogP contribution in [0.2, 0.25) is 0 Å². The fourth-order valence-electron chi connectivity index (χ4n) is 3.28. The number of urea groups is 1. The second-order valence-corrected chi connectivity index (χ2v) is 6.36. The highest BCUT2D eigenvalue weighted by molar-refractivity contribution is 5.95. The molecule has 136 valence electrons. The van der Waals surface area contributed by atoms with Gasteiger partial charge < -0.3 is 10.1 Å². The summed E-state index contributed by atoms with van der Waals surface area (Å²) in [6.45, 7) is 0.762. The zero-order valence-corrected chi connectivity index (χ0v) is 14.6. The Morgan fingerprint density at radius 1 is 1.00 bits per heavy atom. The van der Waals surface area contributed by atoms with E-state index in [-0.39, 0.29) is 17.9 Å². The normalized spacial score (nSPS) is 16.3. The molecule has 0 aromatic heterocycles. The lowest BCUT2D eigenvalue weighted by atomic mass is 10.0. The first-order chi connectivity index (χ1) is 13.2. The third kappa shape index (κ3) is 3.62. The van der Waals surface area contributed by atoms with E-state index in [1.165, 1.54) is 12.1 Å². The maximum absolute atomic E-state index is 13.9. The maximum atomic E-state index is 13.9. The molecule has 0 spiro atoms. The van der Waals surface area contributed by atoms with E-state index in [4.69, 9.17) is 4.74 Å². The SMILES string of the molecule is O=C1NCC(c2ccc(F)cc2OCc2ccccc2)N1c1ccccc1. The molecule has 1 aliphatic heterocycles. The topological polar surface area (TPSA) is 41.6 Å². The van der Waals surface area contributed by atoms with Crippen molar-refractivity contribution < 1.29 is 13.9 Å². The summed E-state index contributed by atoms with van der Waals surface area (Å²) < 4.78 is 19.8. The van der Waals surface area contributed by atoms with E-state index in [1.807, 2.05) is 60.7 Å². The van der Waals surface area contributed by atoms with Gasteiger partial charge in [-0.3, -0.25) is 4.90 Å². The standard InChI is InChI=1S/C22H19FN2O2/c23-17-11-12-19(21(13-17)27-15-16-7-3-1-4-8-16)20-14-24-22(26)25(20)18-9-5-2-6-10-18/h1-13,20H,14-15H2,(H,24,26). The first-order valence-electron chi connectivity index (χ1n) is 8.80. The number of nitrogens with one attached hydrogen (secondary N) is 1. The van der Waals surface area contributed by atoms with Gasteiger partial charge in [0.25, 0.3) is 0 Å². The van der Waals surface area contributed by atoms with Crippen LogP contribution in [0.4, 0.5) is 14.9 Å². The lowest BCUT2D eigenvalue weighted by molar-refractivity contribution is 0.251. The van der Waals surface area contributed by atoms with Crippen LogP contribution >= 0.6 is 0 Å². The van der Waals surface area contributed by atoms with Gasteiger partial charge >= 0.3 is 6.03 Å². The Bertz CT molecular complexity index is 932. The number of hydrogen-bond acceptors (Lipinski definition) is 2. The molecule has 0 radical (unpaired) electrons. The molecule has 1 heterocycles. The van der Waals surface area contributed by atoms with Gasteiger partial charge in [-0.2, -0.15) is 0 Å². The average molecular weight is 362 g/mol. The first kappa shape index (κ1) is 17.1. The number of carbonyl (C=O) groups is 1. The van der Waals surface area contributed by atoms with Gasteiger partial charge in [-0.25, -0.2) is 9.18 Å². The summed E-state index contributed by atoms with van der Waals surface area (Å²) in [6.07, 6.45) is 0. The molecule has 3 aromatic rings. The number of ether oxygens (including phenoxy) is 1. The highest BCUT2D eigenvalue weighted by Gasteiger charge is 2.34. The van der Waals surface area contributed by atoms with Gasteiger partial charge in [-0.1, -0.05) is 54.6 Å². The second-order valence-electron chi connectivity index (χ2n) is 6.36. The van der Waals surface area contributed by atoms with Crippen LogP contribution in [0.5, 0.6) is 5.75 Å².